The largest absolute Gasteiger partial charge is 0.494 e. The second-order valence-corrected chi connectivity index (χ2v) is 15.2. The van der Waals surface area contributed by atoms with Crippen LogP contribution in [0, 0.1) is 11.8 Å². The number of aliphatic hydroxyl groups excluding tert-OH is 1. The summed E-state index contributed by atoms with van der Waals surface area (Å²) in [5.41, 5.74) is 5.85. The Hall–Kier alpha value is -4.21. The van der Waals surface area contributed by atoms with Crippen LogP contribution in [0.4, 0.5) is 0 Å². The van der Waals surface area contributed by atoms with Crippen LogP contribution >= 0.6 is 11.6 Å². The topological polar surface area (TPSA) is 75.6 Å². The predicted octanol–water partition coefficient (Wildman–Crippen LogP) is 9.94. The van der Waals surface area contributed by atoms with Crippen molar-refractivity contribution < 1.29 is 33.5 Å². The number of aliphatic hydroxyl groups is 1. The van der Waals surface area contributed by atoms with Gasteiger partial charge in [-0.3, -0.25) is 0 Å². The van der Waals surface area contributed by atoms with Crippen LogP contribution in [0.3, 0.4) is 0 Å². The molecule has 294 valence electrons. The summed E-state index contributed by atoms with van der Waals surface area (Å²) in [6.45, 7) is 6.06. The number of rotatable bonds is 19. The van der Waals surface area contributed by atoms with Crippen LogP contribution in [0.25, 0.3) is 0 Å². The van der Waals surface area contributed by atoms with Crippen molar-refractivity contribution in [3.05, 3.63) is 166 Å². The van der Waals surface area contributed by atoms with E-state index in [1.807, 2.05) is 116 Å². The van der Waals surface area contributed by atoms with Crippen LogP contribution in [0.2, 0.25) is 5.02 Å². The molecule has 0 spiro atoms. The zero-order chi connectivity index (χ0) is 38.7. The lowest BCUT2D eigenvalue weighted by Crippen LogP contribution is -2.58. The molecule has 56 heavy (non-hydrogen) atoms. The first-order valence-corrected chi connectivity index (χ1v) is 20.3. The van der Waals surface area contributed by atoms with E-state index in [1.54, 1.807) is 0 Å². The van der Waals surface area contributed by atoms with Gasteiger partial charge in [0.2, 0.25) is 0 Å². The normalized spacial score (nSPS) is 23.1. The van der Waals surface area contributed by atoms with Crippen molar-refractivity contribution in [2.45, 2.75) is 83.5 Å². The van der Waals surface area contributed by atoms with Crippen molar-refractivity contribution in [3.8, 4) is 11.5 Å². The third kappa shape index (κ3) is 10.4. The van der Waals surface area contributed by atoms with E-state index in [1.165, 1.54) is 0 Å². The lowest BCUT2D eigenvalue weighted by molar-refractivity contribution is -0.272. The van der Waals surface area contributed by atoms with Crippen molar-refractivity contribution in [1.82, 2.24) is 0 Å². The molecule has 7 unspecified atom stereocenters. The molecular weight excluding hydrogens is 724 g/mol. The molecule has 0 radical (unpaired) electrons. The molecule has 1 aliphatic heterocycles. The van der Waals surface area contributed by atoms with Crippen molar-refractivity contribution in [3.63, 3.8) is 0 Å². The standard InChI is InChI=1S/C48H53ClO7/c1-3-37-25-39(37)32-52-43-27-42(49)38(24-33-20-22-40(23-21-33)51-4-2)26-41(43)45-47(54-30-35-16-10-6-11-17-35)48(55-31-36-18-12-7-13-19-36)46(44(28-50)56-45)53-29-34-14-8-5-9-15-34/h5-23,26-27,37,39,44-48,50H,3-4,24-25,28-32H2,1-2H3. The average molecular weight is 777 g/mol. The minimum Gasteiger partial charge on any atom is -0.494 e. The van der Waals surface area contributed by atoms with Crippen LogP contribution in [0.15, 0.2) is 127 Å². The molecule has 1 saturated heterocycles. The van der Waals surface area contributed by atoms with E-state index in [4.69, 9.17) is 40.0 Å². The van der Waals surface area contributed by atoms with Crippen molar-refractivity contribution in [1.29, 1.82) is 0 Å². The second kappa shape index (κ2) is 19.8. The zero-order valence-corrected chi connectivity index (χ0v) is 33.1. The maximum atomic E-state index is 11.0. The van der Waals surface area contributed by atoms with E-state index in [0.717, 1.165) is 52.0 Å². The first-order valence-electron chi connectivity index (χ1n) is 19.9. The van der Waals surface area contributed by atoms with Crippen molar-refractivity contribution >= 4 is 11.6 Å². The van der Waals surface area contributed by atoms with Crippen LogP contribution < -0.4 is 9.47 Å². The summed E-state index contributed by atoms with van der Waals surface area (Å²) >= 11 is 7.10. The average Bonchev–Trinajstić information content (AvgIpc) is 4.02. The quantitative estimate of drug-likeness (QED) is 0.0895. The van der Waals surface area contributed by atoms with Crippen LogP contribution in [0.1, 0.15) is 66.2 Å². The van der Waals surface area contributed by atoms with Gasteiger partial charge in [-0.15, -0.1) is 0 Å². The van der Waals surface area contributed by atoms with Crippen molar-refractivity contribution in [2.75, 3.05) is 19.8 Å². The van der Waals surface area contributed by atoms with E-state index < -0.39 is 30.5 Å². The van der Waals surface area contributed by atoms with Gasteiger partial charge in [-0.2, -0.15) is 0 Å². The second-order valence-electron chi connectivity index (χ2n) is 14.8. The highest BCUT2D eigenvalue weighted by Gasteiger charge is 2.49. The number of hydrogen-bond donors (Lipinski definition) is 1. The number of hydrogen-bond acceptors (Lipinski definition) is 7. The summed E-state index contributed by atoms with van der Waals surface area (Å²) in [5, 5.41) is 11.6. The fourth-order valence-corrected chi connectivity index (χ4v) is 7.81. The highest BCUT2D eigenvalue weighted by molar-refractivity contribution is 6.31. The minimum absolute atomic E-state index is 0.282. The summed E-state index contributed by atoms with van der Waals surface area (Å²) in [6.07, 6.45) is -0.502. The van der Waals surface area contributed by atoms with Crippen LogP contribution in [-0.2, 0) is 45.2 Å². The molecule has 1 heterocycles. The molecule has 8 heteroatoms. The summed E-state index contributed by atoms with van der Waals surface area (Å²) in [4.78, 5) is 0. The van der Waals surface area contributed by atoms with E-state index in [0.29, 0.717) is 62.1 Å². The van der Waals surface area contributed by atoms with Gasteiger partial charge in [-0.1, -0.05) is 128 Å². The van der Waals surface area contributed by atoms with E-state index in [2.05, 4.69) is 25.1 Å². The molecule has 7 atom stereocenters. The number of benzene rings is 5. The van der Waals surface area contributed by atoms with Crippen molar-refractivity contribution in [2.24, 2.45) is 11.8 Å². The zero-order valence-electron chi connectivity index (χ0n) is 32.3. The third-order valence-electron chi connectivity index (χ3n) is 10.8. The Morgan fingerprint density at radius 3 is 1.75 bits per heavy atom. The summed E-state index contributed by atoms with van der Waals surface area (Å²) in [5.74, 6) is 2.63. The van der Waals surface area contributed by atoms with E-state index >= 15 is 0 Å². The van der Waals surface area contributed by atoms with Gasteiger partial charge in [0.15, 0.2) is 0 Å². The molecular formula is C48H53ClO7. The Bertz CT molecular complexity index is 1920. The molecule has 7 nitrogen and oxygen atoms in total. The fraction of sp³-hybridized carbons (Fsp3) is 0.375. The number of halogens is 1. The maximum absolute atomic E-state index is 11.0. The van der Waals surface area contributed by atoms with Gasteiger partial charge in [0, 0.05) is 10.6 Å². The molecule has 5 aromatic rings. The molecule has 0 amide bonds. The van der Waals surface area contributed by atoms with Crippen LogP contribution in [-0.4, -0.2) is 49.3 Å². The van der Waals surface area contributed by atoms with Gasteiger partial charge in [-0.05, 0) is 83.7 Å². The Labute approximate surface area is 336 Å². The number of ether oxygens (including phenoxy) is 6. The molecule has 0 bridgehead atoms. The Morgan fingerprint density at radius 1 is 0.643 bits per heavy atom. The first-order chi connectivity index (χ1) is 27.5. The molecule has 5 aromatic carbocycles. The molecule has 1 N–H and O–H groups in total. The smallest absolute Gasteiger partial charge is 0.126 e. The summed E-state index contributed by atoms with van der Waals surface area (Å²) in [7, 11) is 0. The van der Waals surface area contributed by atoms with Gasteiger partial charge in [0.25, 0.3) is 0 Å². The highest BCUT2D eigenvalue weighted by Crippen LogP contribution is 2.45. The lowest BCUT2D eigenvalue weighted by Gasteiger charge is -2.46. The fourth-order valence-electron chi connectivity index (χ4n) is 7.59. The molecule has 2 aliphatic rings. The predicted molar refractivity (Wildman–Crippen MR) is 219 cm³/mol. The van der Waals surface area contributed by atoms with Gasteiger partial charge < -0.3 is 33.5 Å². The lowest BCUT2D eigenvalue weighted by atomic mass is 9.88. The monoisotopic (exact) mass is 776 g/mol. The van der Waals surface area contributed by atoms with Gasteiger partial charge in [0.1, 0.15) is 42.0 Å². The van der Waals surface area contributed by atoms with Crippen LogP contribution in [0.5, 0.6) is 11.5 Å². The summed E-state index contributed by atoms with van der Waals surface area (Å²) in [6, 6.07) is 42.3. The minimum atomic E-state index is -0.730. The maximum Gasteiger partial charge on any atom is 0.126 e. The SMILES string of the molecule is CCOc1ccc(Cc2cc(C3OC(CO)C(OCc4ccccc4)C(OCc4ccccc4)C3OCc3ccccc3)c(OCC3CC3CC)cc2Cl)cc1. The van der Waals surface area contributed by atoms with Gasteiger partial charge >= 0.3 is 0 Å². The highest BCUT2D eigenvalue weighted by atomic mass is 35.5. The van der Waals surface area contributed by atoms with E-state index in [-0.39, 0.29) is 6.61 Å². The van der Waals surface area contributed by atoms with Gasteiger partial charge in [0.05, 0.1) is 39.6 Å². The molecule has 0 aromatic heterocycles. The Kier molecular flexibility index (Phi) is 14.1. The molecule has 7 rings (SSSR count). The Balaban J connectivity index is 1.28. The molecule has 2 fully saturated rings. The Morgan fingerprint density at radius 2 is 1.21 bits per heavy atom. The first kappa shape index (κ1) is 40.0. The summed E-state index contributed by atoms with van der Waals surface area (Å²) < 4.78 is 39.9. The molecule has 1 aliphatic carbocycles. The molecule has 1 saturated carbocycles. The third-order valence-corrected chi connectivity index (χ3v) is 11.2. The van der Waals surface area contributed by atoms with E-state index in [9.17, 15) is 5.11 Å². The van der Waals surface area contributed by atoms with Gasteiger partial charge in [-0.25, -0.2) is 0 Å².